The molecule has 1 saturated carbocycles. The van der Waals surface area contributed by atoms with E-state index in [0.29, 0.717) is 19.3 Å². The van der Waals surface area contributed by atoms with Crippen LogP contribution < -0.4 is 0 Å². The minimum atomic E-state index is -5.70. The molecule has 3 rings (SSSR count). The second kappa shape index (κ2) is 58.7. The van der Waals surface area contributed by atoms with E-state index in [0.717, 1.165) is 109 Å². The second-order valence-electron chi connectivity index (χ2n) is 29.1. The summed E-state index contributed by atoms with van der Waals surface area (Å²) in [5.74, 6) is -1.98. The monoisotopic (exact) mass is 1480 g/mol. The molecule has 0 aromatic carbocycles. The van der Waals surface area contributed by atoms with E-state index in [-0.39, 0.29) is 19.3 Å². The van der Waals surface area contributed by atoms with E-state index in [9.17, 15) is 74.9 Å². The number of ether oxygens (including phenoxy) is 7. The lowest BCUT2D eigenvalue weighted by molar-refractivity contribution is -0.360. The van der Waals surface area contributed by atoms with Crippen molar-refractivity contribution in [2.75, 3.05) is 26.4 Å². The molecule has 2 saturated heterocycles. The fourth-order valence-electron chi connectivity index (χ4n) is 13.5. The first-order valence-electron chi connectivity index (χ1n) is 40.5. The highest BCUT2D eigenvalue weighted by molar-refractivity contribution is 7.47. The van der Waals surface area contributed by atoms with Crippen LogP contribution >= 0.6 is 7.82 Å². The SMILES string of the molecule is CCCCCC/C=C\CCCCCCCCCC(=O)OC(COC(=O)CCCCCCCCCCCCCCCCC)COP(=O)(O)OC1C(OC2OC(CO)C(O)C(O)C2O)C(O)C(O)C(O)C1OC1OC(COC(=O)CCCCCCCCCCCCCCCCCCC)C(O)C(O)C1O. The minimum Gasteiger partial charge on any atom is -0.463 e. The Kier molecular flexibility index (Phi) is 54.0. The molecule has 102 heavy (non-hydrogen) atoms. The molecule has 0 aromatic rings. The van der Waals surface area contributed by atoms with Crippen molar-refractivity contribution in [2.24, 2.45) is 0 Å². The van der Waals surface area contributed by atoms with Crippen molar-refractivity contribution in [1.82, 2.24) is 0 Å². The van der Waals surface area contributed by atoms with E-state index in [1.807, 2.05) is 0 Å². The quantitative estimate of drug-likeness (QED) is 0.00886. The first kappa shape index (κ1) is 93.9. The summed E-state index contributed by atoms with van der Waals surface area (Å²) in [6, 6.07) is 0. The third-order valence-corrected chi connectivity index (χ3v) is 21.0. The fraction of sp³-hybridized carbons (Fsp3) is 0.935. The summed E-state index contributed by atoms with van der Waals surface area (Å²) in [4.78, 5) is 51.1. The lowest BCUT2D eigenvalue weighted by Gasteiger charge is -2.49. The zero-order valence-electron chi connectivity index (χ0n) is 62.9. The number of allylic oxidation sites excluding steroid dienone is 2. The van der Waals surface area contributed by atoms with Crippen LogP contribution in [0.2, 0.25) is 0 Å². The maximum Gasteiger partial charge on any atom is 0.472 e. The van der Waals surface area contributed by atoms with Crippen LogP contribution in [0.5, 0.6) is 0 Å². The molecule has 1 aliphatic carbocycles. The molecule has 18 unspecified atom stereocenters. The van der Waals surface area contributed by atoms with E-state index in [1.165, 1.54) is 161 Å². The number of phosphoric acid groups is 1. The zero-order chi connectivity index (χ0) is 74.6. The van der Waals surface area contributed by atoms with Crippen molar-refractivity contribution in [3.05, 3.63) is 12.2 Å². The van der Waals surface area contributed by atoms with Crippen LogP contribution in [-0.2, 0) is 61.2 Å². The van der Waals surface area contributed by atoms with E-state index in [4.69, 9.17) is 42.2 Å². The molecule has 11 N–H and O–H groups in total. The fourth-order valence-corrected chi connectivity index (χ4v) is 14.4. The van der Waals surface area contributed by atoms with Crippen molar-refractivity contribution in [2.45, 2.75) is 433 Å². The van der Waals surface area contributed by atoms with Gasteiger partial charge in [-0.1, -0.05) is 277 Å². The Morgan fingerprint density at radius 3 is 1.07 bits per heavy atom. The Labute approximate surface area is 612 Å². The molecular formula is C77H143O24P. The first-order valence-corrected chi connectivity index (χ1v) is 42.0. The number of carbonyl (C=O) groups is 3. The highest BCUT2D eigenvalue weighted by Gasteiger charge is 2.58. The highest BCUT2D eigenvalue weighted by Crippen LogP contribution is 2.49. The van der Waals surface area contributed by atoms with Gasteiger partial charge in [0, 0.05) is 19.3 Å². The molecule has 0 radical (unpaired) electrons. The van der Waals surface area contributed by atoms with Gasteiger partial charge in [0.2, 0.25) is 0 Å². The summed E-state index contributed by atoms with van der Waals surface area (Å²) >= 11 is 0. The zero-order valence-corrected chi connectivity index (χ0v) is 63.8. The van der Waals surface area contributed by atoms with Gasteiger partial charge in [-0.2, -0.15) is 0 Å². The van der Waals surface area contributed by atoms with Crippen LogP contribution in [0.4, 0.5) is 0 Å². The number of rotatable bonds is 64. The number of unbranched alkanes of at least 4 members (excludes halogenated alkanes) is 41. The van der Waals surface area contributed by atoms with Gasteiger partial charge in [-0.3, -0.25) is 23.4 Å². The van der Waals surface area contributed by atoms with E-state index in [1.54, 1.807) is 0 Å². The topological polar surface area (TPSA) is 374 Å². The number of esters is 3. The Balaban J connectivity index is 1.70. The van der Waals surface area contributed by atoms with Gasteiger partial charge < -0.3 is 89.1 Å². The molecular weight excluding hydrogens is 1340 g/mol. The number of aliphatic hydroxyl groups excluding tert-OH is 10. The molecule has 18 atom stereocenters. The molecule has 2 aliphatic heterocycles. The van der Waals surface area contributed by atoms with Crippen LogP contribution in [0.1, 0.15) is 329 Å². The molecule has 24 nitrogen and oxygen atoms in total. The van der Waals surface area contributed by atoms with Crippen molar-refractivity contribution >= 4 is 25.7 Å². The van der Waals surface area contributed by atoms with Gasteiger partial charge in [0.25, 0.3) is 0 Å². The predicted octanol–water partition coefficient (Wildman–Crippen LogP) is 12.3. The lowest BCUT2D eigenvalue weighted by Crippen LogP contribution is -2.69. The molecule has 0 spiro atoms. The van der Waals surface area contributed by atoms with Gasteiger partial charge in [0.15, 0.2) is 18.7 Å². The third-order valence-electron chi connectivity index (χ3n) is 20.0. The van der Waals surface area contributed by atoms with Crippen LogP contribution in [-0.4, -0.2) is 204 Å². The maximum atomic E-state index is 14.4. The molecule has 2 heterocycles. The van der Waals surface area contributed by atoms with Gasteiger partial charge in [0.05, 0.1) is 13.2 Å². The van der Waals surface area contributed by atoms with Crippen LogP contribution in [0.25, 0.3) is 0 Å². The van der Waals surface area contributed by atoms with Gasteiger partial charge in [-0.25, -0.2) is 4.57 Å². The highest BCUT2D eigenvalue weighted by atomic mass is 31.2. The predicted molar refractivity (Wildman–Crippen MR) is 388 cm³/mol. The van der Waals surface area contributed by atoms with E-state index < -0.39 is 156 Å². The second-order valence-corrected chi connectivity index (χ2v) is 30.5. The first-order chi connectivity index (χ1) is 49.3. The van der Waals surface area contributed by atoms with Crippen molar-refractivity contribution < 1.29 is 117 Å². The van der Waals surface area contributed by atoms with Gasteiger partial charge in [-0.15, -0.1) is 0 Å². The van der Waals surface area contributed by atoms with Crippen LogP contribution in [0.15, 0.2) is 12.2 Å². The number of hydrogen-bond acceptors (Lipinski definition) is 23. The van der Waals surface area contributed by atoms with Crippen LogP contribution in [0.3, 0.4) is 0 Å². The van der Waals surface area contributed by atoms with Gasteiger partial charge in [-0.05, 0) is 44.9 Å². The van der Waals surface area contributed by atoms with Crippen molar-refractivity contribution in [1.29, 1.82) is 0 Å². The van der Waals surface area contributed by atoms with Crippen LogP contribution in [0, 0.1) is 0 Å². The smallest absolute Gasteiger partial charge is 0.463 e. The third kappa shape index (κ3) is 40.8. The summed E-state index contributed by atoms with van der Waals surface area (Å²) in [7, 11) is -5.70. The van der Waals surface area contributed by atoms with Crippen molar-refractivity contribution in [3.8, 4) is 0 Å². The molecule has 0 bridgehead atoms. The maximum absolute atomic E-state index is 14.4. The summed E-state index contributed by atoms with van der Waals surface area (Å²) in [6.07, 6.45) is 19.6. The minimum absolute atomic E-state index is 0.0330. The molecule has 600 valence electrons. The average molecular weight is 1480 g/mol. The van der Waals surface area contributed by atoms with Crippen molar-refractivity contribution in [3.63, 3.8) is 0 Å². The molecule has 3 aliphatic rings. The summed E-state index contributed by atoms with van der Waals surface area (Å²) in [6.45, 7) is 3.48. The summed E-state index contributed by atoms with van der Waals surface area (Å²) in [5.41, 5.74) is 0. The lowest BCUT2D eigenvalue weighted by atomic mass is 9.84. The van der Waals surface area contributed by atoms with E-state index in [2.05, 4.69) is 32.9 Å². The summed E-state index contributed by atoms with van der Waals surface area (Å²) < 4.78 is 65.2. The standard InChI is InChI=1S/C77H143O24P/c1-4-7-10-13-16-19-22-25-28-29-32-34-37-40-43-46-49-52-62(80)94-57-60-65(83)67(85)72(90)77(98-60)100-74-70(88)68(86)69(87)73(99-76-71(89)66(84)64(82)59(54-78)97-76)75(74)101-102(91,92)95-56-58(96-63(81)53-50-47-44-41-38-35-31-27-24-21-18-15-12-9-6-3)55-93-61(79)51-48-45-42-39-36-33-30-26-23-20-17-14-11-8-5-2/h21,24,58-60,64-78,82-90H,4-20,22-23,25-57H2,1-3H3,(H,91,92)/b24-21-. The Bertz CT molecular complexity index is 2150. The Morgan fingerprint density at radius 1 is 0.373 bits per heavy atom. The van der Waals surface area contributed by atoms with E-state index >= 15 is 0 Å². The largest absolute Gasteiger partial charge is 0.472 e. The average Bonchev–Trinajstić information content (AvgIpc) is 0.761. The number of carbonyl (C=O) groups excluding carboxylic acids is 3. The Hall–Kier alpha value is -2.30. The number of hydrogen-bond donors (Lipinski definition) is 11. The molecule has 0 aromatic heterocycles. The molecule has 3 fully saturated rings. The molecule has 25 heteroatoms. The Morgan fingerprint density at radius 2 is 0.686 bits per heavy atom. The molecule has 0 amide bonds. The van der Waals surface area contributed by atoms with Gasteiger partial charge in [0.1, 0.15) is 98.7 Å². The normalized spacial score (nSPS) is 27.0. The number of phosphoric ester groups is 1. The van der Waals surface area contributed by atoms with Gasteiger partial charge >= 0.3 is 25.7 Å². The summed E-state index contributed by atoms with van der Waals surface area (Å²) in [5, 5.41) is 110. The number of aliphatic hydroxyl groups is 10.